The molecule has 1 aliphatic rings. The Labute approximate surface area is 132 Å². The van der Waals surface area contributed by atoms with Gasteiger partial charge >= 0.3 is 0 Å². The van der Waals surface area contributed by atoms with Crippen molar-refractivity contribution in [2.45, 2.75) is 6.92 Å². The van der Waals surface area contributed by atoms with Crippen LogP contribution in [-0.2, 0) is 4.79 Å². The number of aromatic nitrogens is 2. The third kappa shape index (κ3) is 2.53. The third-order valence-electron chi connectivity index (χ3n) is 3.47. The molecule has 1 aliphatic heterocycles. The fourth-order valence-electron chi connectivity index (χ4n) is 2.32. The molecule has 2 heterocycles. The summed E-state index contributed by atoms with van der Waals surface area (Å²) in [6.45, 7) is 2.02. The molecule has 7 heteroatoms. The van der Waals surface area contributed by atoms with E-state index in [0.717, 1.165) is 0 Å². The first-order valence-electron chi connectivity index (χ1n) is 6.75. The molecule has 6 nitrogen and oxygen atoms in total. The molecular weight excluding hydrogens is 304 g/mol. The number of hydrogen-bond acceptors (Lipinski definition) is 4. The van der Waals surface area contributed by atoms with Gasteiger partial charge in [0.25, 0.3) is 5.91 Å². The average Bonchev–Trinajstić information content (AvgIpc) is 2.64. The summed E-state index contributed by atoms with van der Waals surface area (Å²) in [4.78, 5) is 34.1. The van der Waals surface area contributed by atoms with Gasteiger partial charge in [0, 0.05) is 12.7 Å². The molecule has 0 saturated heterocycles. The molecular formula is C15H13ClN4O2. The van der Waals surface area contributed by atoms with Crippen LogP contribution in [0.3, 0.4) is 0 Å². The van der Waals surface area contributed by atoms with Gasteiger partial charge in [0.15, 0.2) is 5.69 Å². The van der Waals surface area contributed by atoms with E-state index in [9.17, 15) is 9.59 Å². The summed E-state index contributed by atoms with van der Waals surface area (Å²) in [6, 6.07) is 7.14. The zero-order valence-corrected chi connectivity index (χ0v) is 12.5. The topological polar surface area (TPSA) is 75.2 Å². The Bertz CT molecular complexity index is 750. The Kier molecular flexibility index (Phi) is 3.77. The smallest absolute Gasteiger partial charge is 0.278 e. The second-order valence-electron chi connectivity index (χ2n) is 5.04. The van der Waals surface area contributed by atoms with Gasteiger partial charge in [-0.25, -0.2) is 9.97 Å². The zero-order valence-electron chi connectivity index (χ0n) is 11.8. The largest absolute Gasteiger partial charge is 0.324 e. The van der Waals surface area contributed by atoms with Crippen LogP contribution in [0.2, 0.25) is 5.02 Å². The fourth-order valence-corrected chi connectivity index (χ4v) is 2.50. The van der Waals surface area contributed by atoms with Crippen molar-refractivity contribution in [2.24, 2.45) is 5.92 Å². The van der Waals surface area contributed by atoms with Crippen molar-refractivity contribution in [1.82, 2.24) is 9.97 Å². The SMILES string of the molecule is C[C@H]1CN(C(=O)c2ncncc2Cl)c2ccccc2NC1=O. The van der Waals surface area contributed by atoms with Gasteiger partial charge in [-0.1, -0.05) is 30.7 Å². The van der Waals surface area contributed by atoms with E-state index >= 15 is 0 Å². The second kappa shape index (κ2) is 5.73. The molecule has 0 bridgehead atoms. The summed E-state index contributed by atoms with van der Waals surface area (Å²) in [5.41, 5.74) is 1.34. The minimum Gasteiger partial charge on any atom is -0.324 e. The second-order valence-corrected chi connectivity index (χ2v) is 5.45. The Morgan fingerprint density at radius 3 is 2.95 bits per heavy atom. The van der Waals surface area contributed by atoms with Crippen LogP contribution in [0.5, 0.6) is 0 Å². The van der Waals surface area contributed by atoms with E-state index in [1.807, 2.05) is 6.07 Å². The molecule has 0 saturated carbocycles. The normalized spacial score (nSPS) is 17.5. The molecule has 3 rings (SSSR count). The van der Waals surface area contributed by atoms with Crippen LogP contribution < -0.4 is 10.2 Å². The van der Waals surface area contributed by atoms with E-state index in [4.69, 9.17) is 11.6 Å². The van der Waals surface area contributed by atoms with E-state index in [1.165, 1.54) is 17.4 Å². The third-order valence-corrected chi connectivity index (χ3v) is 3.75. The summed E-state index contributed by atoms with van der Waals surface area (Å²) in [5.74, 6) is -0.836. The molecule has 1 aromatic carbocycles. The summed E-state index contributed by atoms with van der Waals surface area (Å²) in [6.07, 6.45) is 2.65. The van der Waals surface area contributed by atoms with E-state index in [0.29, 0.717) is 11.4 Å². The van der Waals surface area contributed by atoms with Crippen LogP contribution in [0.25, 0.3) is 0 Å². The summed E-state index contributed by atoms with van der Waals surface area (Å²) in [5, 5.41) is 3.01. The molecule has 1 atom stereocenters. The van der Waals surface area contributed by atoms with E-state index in [2.05, 4.69) is 15.3 Å². The molecule has 1 N–H and O–H groups in total. The predicted octanol–water partition coefficient (Wildman–Crippen LogP) is 2.36. The average molecular weight is 317 g/mol. The van der Waals surface area contributed by atoms with Gasteiger partial charge < -0.3 is 10.2 Å². The molecule has 0 fully saturated rings. The van der Waals surface area contributed by atoms with E-state index < -0.39 is 0 Å². The molecule has 112 valence electrons. The number of anilines is 2. The molecule has 22 heavy (non-hydrogen) atoms. The molecule has 0 aliphatic carbocycles. The minimum atomic E-state index is -0.358. The van der Waals surface area contributed by atoms with Gasteiger partial charge in [0.2, 0.25) is 5.91 Å². The number of carbonyl (C=O) groups excluding carboxylic acids is 2. The lowest BCUT2D eigenvalue weighted by Crippen LogP contribution is -2.36. The number of nitrogens with one attached hydrogen (secondary N) is 1. The highest BCUT2D eigenvalue weighted by atomic mass is 35.5. The number of fused-ring (bicyclic) bond motifs is 1. The quantitative estimate of drug-likeness (QED) is 0.876. The number of amides is 2. The van der Waals surface area contributed by atoms with Crippen molar-refractivity contribution in [3.8, 4) is 0 Å². The van der Waals surface area contributed by atoms with Crippen molar-refractivity contribution in [3.63, 3.8) is 0 Å². The molecule has 2 amide bonds. The van der Waals surface area contributed by atoms with Crippen LogP contribution in [0, 0.1) is 5.92 Å². The van der Waals surface area contributed by atoms with Gasteiger partial charge in [-0.05, 0) is 12.1 Å². The van der Waals surface area contributed by atoms with Gasteiger partial charge in [-0.3, -0.25) is 9.59 Å². The summed E-state index contributed by atoms with van der Waals surface area (Å²) >= 11 is 6.02. The molecule has 0 spiro atoms. The van der Waals surface area contributed by atoms with Gasteiger partial charge in [0.1, 0.15) is 6.33 Å². The Morgan fingerprint density at radius 1 is 1.41 bits per heavy atom. The van der Waals surface area contributed by atoms with Crippen LogP contribution in [0.1, 0.15) is 17.4 Å². The predicted molar refractivity (Wildman–Crippen MR) is 83.0 cm³/mol. The Balaban J connectivity index is 2.07. The maximum atomic E-state index is 12.8. The van der Waals surface area contributed by atoms with Gasteiger partial charge in [-0.15, -0.1) is 0 Å². The summed E-state index contributed by atoms with van der Waals surface area (Å²) < 4.78 is 0. The summed E-state index contributed by atoms with van der Waals surface area (Å²) in [7, 11) is 0. The number of rotatable bonds is 1. The zero-order chi connectivity index (χ0) is 15.7. The number of carbonyl (C=O) groups is 2. The van der Waals surface area contributed by atoms with Crippen LogP contribution in [0.15, 0.2) is 36.8 Å². The highest BCUT2D eigenvalue weighted by Gasteiger charge is 2.30. The Morgan fingerprint density at radius 2 is 2.18 bits per heavy atom. The van der Waals surface area contributed by atoms with E-state index in [1.54, 1.807) is 25.1 Å². The first-order valence-corrected chi connectivity index (χ1v) is 7.13. The standard InChI is InChI=1S/C15H13ClN4O2/c1-9-7-20(15(22)13-10(16)6-17-8-18-13)12-5-3-2-4-11(12)19-14(9)21/h2-6,8-9H,7H2,1H3,(H,19,21)/t9-/m0/s1. The maximum absolute atomic E-state index is 12.8. The first kappa shape index (κ1) is 14.5. The lowest BCUT2D eigenvalue weighted by atomic mass is 10.1. The van der Waals surface area contributed by atoms with Crippen molar-refractivity contribution in [2.75, 3.05) is 16.8 Å². The monoisotopic (exact) mass is 316 g/mol. The highest BCUT2D eigenvalue weighted by Crippen LogP contribution is 2.31. The minimum absolute atomic E-state index is 0.119. The van der Waals surface area contributed by atoms with Crippen molar-refractivity contribution >= 4 is 34.8 Å². The number of nitrogens with zero attached hydrogens (tertiary/aromatic N) is 3. The number of halogens is 1. The molecule has 1 aromatic heterocycles. The lowest BCUT2D eigenvalue weighted by molar-refractivity contribution is -0.119. The number of benzene rings is 1. The highest BCUT2D eigenvalue weighted by molar-refractivity contribution is 6.34. The van der Waals surface area contributed by atoms with Gasteiger partial charge in [0.05, 0.1) is 22.3 Å². The van der Waals surface area contributed by atoms with Crippen molar-refractivity contribution in [3.05, 3.63) is 47.5 Å². The maximum Gasteiger partial charge on any atom is 0.278 e. The van der Waals surface area contributed by atoms with Crippen molar-refractivity contribution < 1.29 is 9.59 Å². The Hall–Kier alpha value is -2.47. The fraction of sp³-hybridized carbons (Fsp3) is 0.200. The van der Waals surface area contributed by atoms with Gasteiger partial charge in [-0.2, -0.15) is 0 Å². The lowest BCUT2D eigenvalue weighted by Gasteiger charge is -2.23. The van der Waals surface area contributed by atoms with Crippen LogP contribution in [-0.4, -0.2) is 28.3 Å². The first-order chi connectivity index (χ1) is 10.6. The molecule has 0 radical (unpaired) electrons. The molecule has 0 unspecified atom stereocenters. The van der Waals surface area contributed by atoms with Crippen molar-refractivity contribution in [1.29, 1.82) is 0 Å². The van der Waals surface area contributed by atoms with Crippen LogP contribution in [0.4, 0.5) is 11.4 Å². The molecule has 2 aromatic rings. The number of para-hydroxylation sites is 2. The number of hydrogen-bond donors (Lipinski definition) is 1. The van der Waals surface area contributed by atoms with E-state index in [-0.39, 0.29) is 35.0 Å². The van der Waals surface area contributed by atoms with Crippen LogP contribution >= 0.6 is 11.6 Å².